The van der Waals surface area contributed by atoms with Gasteiger partial charge in [0.05, 0.1) is 14.2 Å². The van der Waals surface area contributed by atoms with Crippen molar-refractivity contribution in [2.75, 3.05) is 53.6 Å². The first-order chi connectivity index (χ1) is 13.2. The first-order valence-corrected chi connectivity index (χ1v) is 9.46. The molecule has 0 radical (unpaired) electrons. The Kier molecular flexibility index (Phi) is 11.2. The molecule has 2 aromatic rings. The van der Waals surface area contributed by atoms with Gasteiger partial charge in [-0.25, -0.2) is 0 Å². The molecule has 1 aliphatic rings. The molecule has 0 saturated carbocycles. The highest BCUT2D eigenvalue weighted by Gasteiger charge is 2.28. The Labute approximate surface area is 185 Å². The van der Waals surface area contributed by atoms with E-state index in [0.717, 1.165) is 43.4 Å². The summed E-state index contributed by atoms with van der Waals surface area (Å²) in [5.41, 5.74) is 1.22. The summed E-state index contributed by atoms with van der Waals surface area (Å²) in [6.07, 6.45) is -0.477. The first-order valence-electron chi connectivity index (χ1n) is 9.46. The van der Waals surface area contributed by atoms with E-state index in [4.69, 9.17) is 14.2 Å². The normalized spacial score (nSPS) is 19.3. The number of para-hydroxylation sites is 2. The summed E-state index contributed by atoms with van der Waals surface area (Å²) in [4.78, 5) is 2.86. The smallest absolute Gasteiger partial charge is 0.179 e. The quantitative estimate of drug-likeness (QED) is 0.379. The molecule has 1 unspecified atom stereocenters. The number of rotatable bonds is 8. The highest BCUT2D eigenvalue weighted by atomic mass is 35.5. The number of aliphatic hydroxyl groups is 1. The van der Waals surface area contributed by atoms with Crippen LogP contribution in [0, 0.1) is 0 Å². The van der Waals surface area contributed by atoms with Crippen LogP contribution in [0.4, 0.5) is 5.69 Å². The van der Waals surface area contributed by atoms with Gasteiger partial charge < -0.3 is 49.0 Å². The molecule has 1 atom stereocenters. The number of hydrogen-bond acceptors (Lipinski definition) is 4. The molecule has 8 heteroatoms. The summed E-state index contributed by atoms with van der Waals surface area (Å²) in [7, 11) is 3.36. The van der Waals surface area contributed by atoms with E-state index in [1.165, 1.54) is 15.5 Å². The third kappa shape index (κ3) is 7.24. The van der Waals surface area contributed by atoms with Crippen LogP contribution in [-0.4, -0.2) is 64.8 Å². The molecule has 1 fully saturated rings. The molecule has 1 aliphatic heterocycles. The van der Waals surface area contributed by atoms with Gasteiger partial charge in [0.2, 0.25) is 0 Å². The first kappa shape index (κ1) is 25.3. The third-order valence-electron chi connectivity index (χ3n) is 5.07. The van der Waals surface area contributed by atoms with Gasteiger partial charge in [0.1, 0.15) is 56.9 Å². The molecule has 29 heavy (non-hydrogen) atoms. The number of nitrogens with one attached hydrogen (secondary N) is 2. The summed E-state index contributed by atoms with van der Waals surface area (Å²) in [5.74, 6) is 2.49. The number of benzene rings is 2. The topological polar surface area (TPSA) is 56.8 Å². The Hall–Kier alpha value is -1.70. The zero-order valence-electron chi connectivity index (χ0n) is 16.9. The molecule has 6 nitrogen and oxygen atoms in total. The minimum absolute atomic E-state index is 0. The highest BCUT2D eigenvalue weighted by Crippen LogP contribution is 2.19. The van der Waals surface area contributed by atoms with Gasteiger partial charge >= 0.3 is 0 Å². The monoisotopic (exact) mass is 444 g/mol. The molecule has 3 N–H and O–H groups in total. The molecule has 0 aromatic heterocycles. The number of ether oxygens (including phenoxy) is 3. The molecular formula is C21H30Cl2N2O4. The second kappa shape index (κ2) is 12.8. The van der Waals surface area contributed by atoms with E-state index in [-0.39, 0.29) is 24.8 Å². The van der Waals surface area contributed by atoms with Crippen molar-refractivity contribution in [1.29, 1.82) is 0 Å². The van der Waals surface area contributed by atoms with Gasteiger partial charge in [0.25, 0.3) is 0 Å². The van der Waals surface area contributed by atoms with E-state index in [1.54, 1.807) is 14.2 Å². The maximum atomic E-state index is 10.3. The van der Waals surface area contributed by atoms with E-state index in [9.17, 15) is 5.11 Å². The number of methoxy groups -OCH3 is 2. The van der Waals surface area contributed by atoms with Crippen LogP contribution in [-0.2, 0) is 0 Å². The number of quaternary nitrogens is 2. The summed E-state index contributed by atoms with van der Waals surface area (Å²) in [5, 5.41) is 10.3. The van der Waals surface area contributed by atoms with Crippen LogP contribution in [0.1, 0.15) is 0 Å². The van der Waals surface area contributed by atoms with Crippen molar-refractivity contribution >= 4 is 5.69 Å². The van der Waals surface area contributed by atoms with Crippen molar-refractivity contribution in [2.45, 2.75) is 6.10 Å². The van der Waals surface area contributed by atoms with E-state index in [2.05, 4.69) is 12.1 Å². The molecule has 162 valence electrons. The second-order valence-electron chi connectivity index (χ2n) is 6.90. The molecule has 0 aliphatic carbocycles. The maximum Gasteiger partial charge on any atom is 0.179 e. The van der Waals surface area contributed by atoms with Crippen LogP contribution < -0.4 is 48.8 Å². The summed E-state index contributed by atoms with van der Waals surface area (Å²) in [6, 6.07) is 15.6. The van der Waals surface area contributed by atoms with Gasteiger partial charge in [-0.1, -0.05) is 12.1 Å². The number of halogens is 2. The van der Waals surface area contributed by atoms with Crippen molar-refractivity contribution in [3.05, 3.63) is 48.5 Å². The predicted octanol–water partition coefficient (Wildman–Crippen LogP) is -6.43. The minimum Gasteiger partial charge on any atom is -1.00 e. The lowest BCUT2D eigenvalue weighted by atomic mass is 10.2. The Bertz CT molecular complexity index is 710. The van der Waals surface area contributed by atoms with Gasteiger partial charge in [-0.15, -0.1) is 0 Å². The Morgan fingerprint density at radius 1 is 0.862 bits per heavy atom. The fourth-order valence-electron chi connectivity index (χ4n) is 3.57. The number of aliphatic hydroxyl groups excluding tert-OH is 1. The molecule has 2 aromatic carbocycles. The van der Waals surface area contributed by atoms with Gasteiger partial charge in [-0.2, -0.15) is 0 Å². The number of hydrogen-bond donors (Lipinski definition) is 3. The Balaban J connectivity index is 0.00000210. The van der Waals surface area contributed by atoms with Crippen molar-refractivity contribution in [2.24, 2.45) is 0 Å². The van der Waals surface area contributed by atoms with Crippen LogP contribution in [0.2, 0.25) is 0 Å². The van der Waals surface area contributed by atoms with Crippen LogP contribution >= 0.6 is 0 Å². The Morgan fingerprint density at radius 3 is 2.10 bits per heavy atom. The lowest BCUT2D eigenvalue weighted by molar-refractivity contribution is -0.988. The zero-order valence-corrected chi connectivity index (χ0v) is 18.4. The Morgan fingerprint density at radius 2 is 1.48 bits per heavy atom. The fraction of sp³-hybridized carbons (Fsp3) is 0.429. The van der Waals surface area contributed by atoms with Crippen molar-refractivity contribution in [3.63, 3.8) is 0 Å². The molecule has 1 heterocycles. The van der Waals surface area contributed by atoms with Crippen LogP contribution in [0.3, 0.4) is 0 Å². The highest BCUT2D eigenvalue weighted by molar-refractivity contribution is 5.45. The molecule has 0 spiro atoms. The van der Waals surface area contributed by atoms with Gasteiger partial charge in [-0.05, 0) is 30.3 Å². The van der Waals surface area contributed by atoms with Crippen LogP contribution in [0.5, 0.6) is 17.2 Å². The van der Waals surface area contributed by atoms with Crippen molar-refractivity contribution in [1.82, 2.24) is 0 Å². The average Bonchev–Trinajstić information content (AvgIpc) is 2.73. The summed E-state index contributed by atoms with van der Waals surface area (Å²) < 4.78 is 16.3. The SMILES string of the molecule is COc1ccc(OCC(O)C[NH+]2CC[NH+](c3ccccc3OC)CC2)cc1.[Cl-].[Cl-]. The molecule has 0 bridgehead atoms. The van der Waals surface area contributed by atoms with Gasteiger partial charge in [0, 0.05) is 6.07 Å². The number of piperazine rings is 1. The van der Waals surface area contributed by atoms with E-state index < -0.39 is 6.10 Å². The van der Waals surface area contributed by atoms with E-state index >= 15 is 0 Å². The fourth-order valence-corrected chi connectivity index (χ4v) is 3.57. The molecular weight excluding hydrogens is 415 g/mol. The second-order valence-corrected chi connectivity index (χ2v) is 6.90. The van der Waals surface area contributed by atoms with Gasteiger partial charge in [-0.3, -0.25) is 4.90 Å². The standard InChI is InChI=1S/C21H28N2O4.2ClH/c1-25-18-7-9-19(10-8-18)27-16-17(24)15-22-11-13-23(14-12-22)20-5-3-4-6-21(20)26-2;;/h3-10,17,24H,11-16H2,1-2H3;2*1H. The third-order valence-corrected chi connectivity index (χ3v) is 5.07. The van der Waals surface area contributed by atoms with Crippen molar-refractivity contribution < 1.29 is 53.9 Å². The molecule has 1 saturated heterocycles. The van der Waals surface area contributed by atoms with E-state index in [0.29, 0.717) is 13.2 Å². The lowest BCUT2D eigenvalue weighted by Gasteiger charge is -2.31. The van der Waals surface area contributed by atoms with Crippen LogP contribution in [0.25, 0.3) is 0 Å². The minimum atomic E-state index is -0.477. The van der Waals surface area contributed by atoms with Gasteiger partial charge in [0.15, 0.2) is 11.4 Å². The largest absolute Gasteiger partial charge is 1.00 e. The lowest BCUT2D eigenvalue weighted by Crippen LogP contribution is -3.26. The van der Waals surface area contributed by atoms with E-state index in [1.807, 2.05) is 36.4 Å². The summed E-state index contributed by atoms with van der Waals surface area (Å²) >= 11 is 0. The average molecular weight is 445 g/mol. The van der Waals surface area contributed by atoms with Crippen molar-refractivity contribution in [3.8, 4) is 17.2 Å². The van der Waals surface area contributed by atoms with Crippen LogP contribution in [0.15, 0.2) is 48.5 Å². The maximum absolute atomic E-state index is 10.3. The zero-order chi connectivity index (χ0) is 19.1. The molecule has 3 rings (SSSR count). The summed E-state index contributed by atoms with van der Waals surface area (Å²) in [6.45, 7) is 5.11. The predicted molar refractivity (Wildman–Crippen MR) is 103 cm³/mol. The molecule has 0 amide bonds.